The number of nitrogen functional groups attached to an aromatic ring is 1. The van der Waals surface area contributed by atoms with Crippen LogP contribution in [0.1, 0.15) is 25.8 Å². The first-order chi connectivity index (χ1) is 9.76. The zero-order valence-corrected chi connectivity index (χ0v) is 14.1. The van der Waals surface area contributed by atoms with Gasteiger partial charge in [0.1, 0.15) is 10.8 Å². The van der Waals surface area contributed by atoms with E-state index in [1.165, 1.54) is 11.5 Å². The number of thiazole rings is 1. The second-order valence-corrected chi connectivity index (χ2v) is 7.51. The van der Waals surface area contributed by atoms with Gasteiger partial charge in [0.05, 0.1) is 22.8 Å². The molecule has 0 aliphatic rings. The molecule has 2 rings (SSSR count). The van der Waals surface area contributed by atoms with Gasteiger partial charge in [0.15, 0.2) is 0 Å². The van der Waals surface area contributed by atoms with Gasteiger partial charge in [0.2, 0.25) is 5.91 Å². The van der Waals surface area contributed by atoms with Crippen LogP contribution in [0.4, 0.5) is 10.8 Å². The van der Waals surface area contributed by atoms with Crippen LogP contribution in [-0.4, -0.2) is 27.3 Å². The van der Waals surface area contributed by atoms with E-state index in [1.54, 1.807) is 11.3 Å². The molecule has 114 valence electrons. The summed E-state index contributed by atoms with van der Waals surface area (Å²) in [6.45, 7) is 7.94. The number of rotatable bonds is 4. The summed E-state index contributed by atoms with van der Waals surface area (Å²) in [6, 6.07) is 0. The van der Waals surface area contributed by atoms with E-state index in [1.807, 2.05) is 33.1 Å². The number of nitrogens with two attached hydrogens (primary N) is 1. The Labute approximate surface area is 132 Å². The van der Waals surface area contributed by atoms with Gasteiger partial charge in [-0.1, -0.05) is 0 Å². The highest BCUT2D eigenvalue weighted by molar-refractivity contribution is 7.11. The predicted octanol–water partition coefficient (Wildman–Crippen LogP) is 2.48. The van der Waals surface area contributed by atoms with Crippen molar-refractivity contribution >= 4 is 39.6 Å². The largest absolute Gasteiger partial charge is 0.382 e. The highest BCUT2D eigenvalue weighted by Crippen LogP contribution is 2.36. The molecule has 0 aromatic carbocycles. The Bertz CT molecular complexity index is 641. The SMILES string of the molecule is Cc1nc(-c2c(N)nsc2NCC(=O)NC(C)(C)C)cs1. The minimum atomic E-state index is -0.250. The molecule has 0 unspecified atom stereocenters. The van der Waals surface area contributed by atoms with Crippen molar-refractivity contribution < 1.29 is 4.79 Å². The number of hydrogen-bond acceptors (Lipinski definition) is 7. The zero-order chi connectivity index (χ0) is 15.6. The highest BCUT2D eigenvalue weighted by Gasteiger charge is 2.18. The summed E-state index contributed by atoms with van der Waals surface area (Å²) in [6.07, 6.45) is 0. The van der Waals surface area contributed by atoms with Gasteiger partial charge in [-0.3, -0.25) is 4.79 Å². The Hall–Kier alpha value is -1.67. The molecule has 2 aromatic rings. The van der Waals surface area contributed by atoms with Gasteiger partial charge < -0.3 is 16.4 Å². The summed E-state index contributed by atoms with van der Waals surface area (Å²) in [5.74, 6) is 0.360. The monoisotopic (exact) mass is 325 g/mol. The van der Waals surface area contributed by atoms with Gasteiger partial charge in [-0.2, -0.15) is 4.37 Å². The topological polar surface area (TPSA) is 92.9 Å². The summed E-state index contributed by atoms with van der Waals surface area (Å²) in [5.41, 5.74) is 7.23. The van der Waals surface area contributed by atoms with Crippen LogP contribution in [0.25, 0.3) is 11.3 Å². The second-order valence-electron chi connectivity index (χ2n) is 5.68. The molecular weight excluding hydrogens is 306 g/mol. The fraction of sp³-hybridized carbons (Fsp3) is 0.462. The lowest BCUT2D eigenvalue weighted by Gasteiger charge is -2.20. The van der Waals surface area contributed by atoms with Crippen molar-refractivity contribution in [1.82, 2.24) is 14.7 Å². The molecular formula is C13H19N5OS2. The lowest BCUT2D eigenvalue weighted by molar-refractivity contribution is -0.120. The molecule has 2 aromatic heterocycles. The van der Waals surface area contributed by atoms with Crippen molar-refractivity contribution in [3.8, 4) is 11.3 Å². The van der Waals surface area contributed by atoms with Gasteiger partial charge in [-0.15, -0.1) is 11.3 Å². The molecule has 0 atom stereocenters. The molecule has 0 saturated carbocycles. The third-order valence-electron chi connectivity index (χ3n) is 2.52. The minimum Gasteiger partial charge on any atom is -0.382 e. The molecule has 2 heterocycles. The van der Waals surface area contributed by atoms with Gasteiger partial charge in [-0.25, -0.2) is 4.98 Å². The third kappa shape index (κ3) is 4.15. The Balaban J connectivity index is 2.10. The van der Waals surface area contributed by atoms with Gasteiger partial charge in [0, 0.05) is 10.9 Å². The normalized spacial score (nSPS) is 11.4. The first kappa shape index (κ1) is 15.7. The number of nitrogens with zero attached hydrogens (tertiary/aromatic N) is 2. The number of carbonyl (C=O) groups excluding carboxylic acids is 1. The van der Waals surface area contributed by atoms with E-state index in [0.29, 0.717) is 5.82 Å². The Morgan fingerprint density at radius 3 is 2.71 bits per heavy atom. The molecule has 1 amide bonds. The summed E-state index contributed by atoms with van der Waals surface area (Å²) < 4.78 is 4.14. The number of nitrogens with one attached hydrogen (secondary N) is 2. The molecule has 4 N–H and O–H groups in total. The molecule has 21 heavy (non-hydrogen) atoms. The number of aryl methyl sites for hydroxylation is 1. The number of carbonyl (C=O) groups is 1. The molecule has 0 aliphatic carbocycles. The average Bonchev–Trinajstić information content (AvgIpc) is 2.90. The van der Waals surface area contributed by atoms with E-state index < -0.39 is 0 Å². The quantitative estimate of drug-likeness (QED) is 0.803. The van der Waals surface area contributed by atoms with Crippen LogP contribution in [0.5, 0.6) is 0 Å². The fourth-order valence-electron chi connectivity index (χ4n) is 1.77. The van der Waals surface area contributed by atoms with Crippen molar-refractivity contribution in [2.75, 3.05) is 17.6 Å². The van der Waals surface area contributed by atoms with Gasteiger partial charge in [0.25, 0.3) is 0 Å². The van der Waals surface area contributed by atoms with Crippen LogP contribution >= 0.6 is 22.9 Å². The molecule has 0 radical (unpaired) electrons. The van der Waals surface area contributed by atoms with Crippen LogP contribution < -0.4 is 16.4 Å². The highest BCUT2D eigenvalue weighted by atomic mass is 32.1. The standard InChI is InChI=1S/C13H19N5OS2/c1-7-16-8(6-20-7)10-11(14)18-21-12(10)15-5-9(19)17-13(2,3)4/h6,15H,5H2,1-4H3,(H2,14,18)(H,17,19). The van der Waals surface area contributed by atoms with Crippen LogP contribution in [0.2, 0.25) is 0 Å². The van der Waals surface area contributed by atoms with Crippen LogP contribution in [-0.2, 0) is 4.79 Å². The summed E-state index contributed by atoms with van der Waals surface area (Å²) in [5, 5.41) is 9.66. The van der Waals surface area contributed by atoms with E-state index in [-0.39, 0.29) is 18.0 Å². The summed E-state index contributed by atoms with van der Waals surface area (Å²) in [4.78, 5) is 16.3. The van der Waals surface area contributed by atoms with Crippen molar-refractivity contribution in [3.63, 3.8) is 0 Å². The minimum absolute atomic E-state index is 0.0742. The summed E-state index contributed by atoms with van der Waals surface area (Å²) in [7, 11) is 0. The maximum atomic E-state index is 11.9. The van der Waals surface area contributed by atoms with Crippen molar-refractivity contribution in [1.29, 1.82) is 0 Å². The van der Waals surface area contributed by atoms with Crippen LogP contribution in [0.3, 0.4) is 0 Å². The zero-order valence-electron chi connectivity index (χ0n) is 12.5. The van der Waals surface area contributed by atoms with E-state index in [2.05, 4.69) is 20.0 Å². The smallest absolute Gasteiger partial charge is 0.239 e. The average molecular weight is 325 g/mol. The van der Waals surface area contributed by atoms with Crippen LogP contribution in [0, 0.1) is 6.92 Å². The molecule has 0 spiro atoms. The molecule has 0 bridgehead atoms. The van der Waals surface area contributed by atoms with E-state index in [9.17, 15) is 4.79 Å². The second kappa shape index (κ2) is 5.98. The van der Waals surface area contributed by atoms with Crippen molar-refractivity contribution in [3.05, 3.63) is 10.4 Å². The van der Waals surface area contributed by atoms with E-state index >= 15 is 0 Å². The lowest BCUT2D eigenvalue weighted by atomic mass is 10.1. The number of hydrogen-bond donors (Lipinski definition) is 3. The van der Waals surface area contributed by atoms with E-state index in [4.69, 9.17) is 5.73 Å². The first-order valence-electron chi connectivity index (χ1n) is 6.49. The Morgan fingerprint density at radius 1 is 1.43 bits per heavy atom. The number of amides is 1. The molecule has 0 saturated heterocycles. The molecule has 0 fully saturated rings. The molecule has 8 heteroatoms. The maximum absolute atomic E-state index is 11.9. The van der Waals surface area contributed by atoms with Crippen molar-refractivity contribution in [2.45, 2.75) is 33.2 Å². The molecule has 0 aliphatic heterocycles. The van der Waals surface area contributed by atoms with E-state index in [0.717, 1.165) is 21.3 Å². The fourth-order valence-corrected chi connectivity index (χ4v) is 3.09. The summed E-state index contributed by atoms with van der Waals surface area (Å²) >= 11 is 2.79. The van der Waals surface area contributed by atoms with Crippen molar-refractivity contribution in [2.24, 2.45) is 0 Å². The predicted molar refractivity (Wildman–Crippen MR) is 88.8 cm³/mol. The number of aromatic nitrogens is 2. The maximum Gasteiger partial charge on any atom is 0.239 e. The third-order valence-corrected chi connectivity index (χ3v) is 4.11. The first-order valence-corrected chi connectivity index (χ1v) is 8.14. The number of anilines is 2. The Morgan fingerprint density at radius 2 is 2.14 bits per heavy atom. The van der Waals surface area contributed by atoms with Gasteiger partial charge in [-0.05, 0) is 39.2 Å². The Kier molecular flexibility index (Phi) is 4.48. The van der Waals surface area contributed by atoms with Crippen LogP contribution in [0.15, 0.2) is 5.38 Å². The lowest BCUT2D eigenvalue weighted by Crippen LogP contribution is -2.43. The van der Waals surface area contributed by atoms with Gasteiger partial charge >= 0.3 is 0 Å². The molecule has 6 nitrogen and oxygen atoms in total.